The molecule has 1 unspecified atom stereocenters. The summed E-state index contributed by atoms with van der Waals surface area (Å²) < 4.78 is 0. The number of carbonyl (C=O) groups excluding carboxylic acids is 1. The molecule has 2 aromatic heterocycles. The van der Waals surface area contributed by atoms with E-state index in [0.29, 0.717) is 0 Å². The van der Waals surface area contributed by atoms with Crippen molar-refractivity contribution in [3.05, 3.63) is 42.4 Å². The summed E-state index contributed by atoms with van der Waals surface area (Å²) in [4.78, 5) is 20.9. The van der Waals surface area contributed by atoms with Crippen molar-refractivity contribution >= 4 is 34.0 Å². The van der Waals surface area contributed by atoms with Gasteiger partial charge in [-0.3, -0.25) is 9.78 Å². The highest BCUT2D eigenvalue weighted by Gasteiger charge is 2.16. The van der Waals surface area contributed by atoms with Gasteiger partial charge in [-0.25, -0.2) is 4.98 Å². The van der Waals surface area contributed by atoms with Gasteiger partial charge in [-0.2, -0.15) is 11.8 Å². The first-order valence-electron chi connectivity index (χ1n) is 7.49. The van der Waals surface area contributed by atoms with Crippen molar-refractivity contribution in [3.8, 4) is 10.6 Å². The summed E-state index contributed by atoms with van der Waals surface area (Å²) in [5.41, 5.74) is 1.81. The van der Waals surface area contributed by atoms with Crippen molar-refractivity contribution in [1.29, 1.82) is 0 Å². The number of pyridine rings is 1. The third-order valence-corrected chi connectivity index (χ3v) is 5.49. The minimum atomic E-state index is -0.0337. The average molecular weight is 348 g/mol. The van der Waals surface area contributed by atoms with Gasteiger partial charge >= 0.3 is 0 Å². The lowest BCUT2D eigenvalue weighted by molar-refractivity contribution is -0.118. The van der Waals surface area contributed by atoms with Crippen LogP contribution in [0.5, 0.6) is 0 Å². The maximum Gasteiger partial charge on any atom is 0.228 e. The molecular weight excluding hydrogens is 326 g/mol. The molecule has 0 saturated carbocycles. The van der Waals surface area contributed by atoms with Crippen LogP contribution in [-0.2, 0) is 4.79 Å². The Balaban J connectivity index is 1.97. The third-order valence-electron chi connectivity index (χ3n) is 3.21. The fourth-order valence-corrected chi connectivity index (χ4v) is 3.77. The summed E-state index contributed by atoms with van der Waals surface area (Å²) in [5.74, 6) is 1.76. The van der Waals surface area contributed by atoms with Crippen molar-refractivity contribution in [2.45, 2.75) is 20.8 Å². The first-order valence-corrected chi connectivity index (χ1v) is 9.46. The zero-order valence-corrected chi connectivity index (χ0v) is 15.2. The SMILES string of the molecule is C/C=C/CSCC(C)C(=O)Nc1sc(-c2cccnc2)nc1C. The maximum atomic E-state index is 12.3. The van der Waals surface area contributed by atoms with E-state index >= 15 is 0 Å². The van der Waals surface area contributed by atoms with Crippen LogP contribution in [0, 0.1) is 12.8 Å². The number of thioether (sulfide) groups is 1. The van der Waals surface area contributed by atoms with Crippen molar-refractivity contribution in [2.75, 3.05) is 16.8 Å². The van der Waals surface area contributed by atoms with Gasteiger partial charge in [-0.05, 0) is 26.0 Å². The van der Waals surface area contributed by atoms with Gasteiger partial charge in [0.15, 0.2) is 0 Å². The molecule has 1 atom stereocenters. The largest absolute Gasteiger partial charge is 0.316 e. The number of nitrogens with zero attached hydrogens (tertiary/aromatic N) is 2. The van der Waals surface area contributed by atoms with E-state index in [1.165, 1.54) is 11.3 Å². The molecule has 0 fully saturated rings. The molecule has 0 radical (unpaired) electrons. The van der Waals surface area contributed by atoms with Gasteiger partial charge < -0.3 is 5.32 Å². The maximum absolute atomic E-state index is 12.3. The Morgan fingerprint density at radius 1 is 1.52 bits per heavy atom. The Hall–Kier alpha value is -1.66. The van der Waals surface area contributed by atoms with Gasteiger partial charge in [0.2, 0.25) is 5.91 Å². The van der Waals surface area contributed by atoms with Gasteiger partial charge in [0.1, 0.15) is 10.0 Å². The summed E-state index contributed by atoms with van der Waals surface area (Å²) in [7, 11) is 0. The van der Waals surface area contributed by atoms with E-state index < -0.39 is 0 Å². The molecule has 0 aliphatic carbocycles. The molecule has 2 heterocycles. The summed E-state index contributed by atoms with van der Waals surface area (Å²) in [6.07, 6.45) is 7.64. The molecule has 1 amide bonds. The second-order valence-corrected chi connectivity index (χ2v) is 7.25. The number of anilines is 1. The number of amides is 1. The van der Waals surface area contributed by atoms with Crippen LogP contribution in [0.2, 0.25) is 0 Å². The number of nitrogens with one attached hydrogen (secondary N) is 1. The molecule has 6 heteroatoms. The normalized spacial score (nSPS) is 12.5. The summed E-state index contributed by atoms with van der Waals surface area (Å²) in [6, 6.07) is 3.85. The minimum Gasteiger partial charge on any atom is -0.316 e. The van der Waals surface area contributed by atoms with E-state index in [1.54, 1.807) is 24.2 Å². The van der Waals surface area contributed by atoms with Crippen LogP contribution < -0.4 is 5.32 Å². The van der Waals surface area contributed by atoms with Crippen LogP contribution in [0.1, 0.15) is 19.5 Å². The van der Waals surface area contributed by atoms with E-state index in [0.717, 1.165) is 32.8 Å². The summed E-state index contributed by atoms with van der Waals surface area (Å²) in [5, 5.41) is 4.70. The monoisotopic (exact) mass is 347 g/mol. The predicted molar refractivity (Wildman–Crippen MR) is 100 cm³/mol. The third kappa shape index (κ3) is 5.18. The Kier molecular flexibility index (Phi) is 6.80. The van der Waals surface area contributed by atoms with Crippen LogP contribution in [0.25, 0.3) is 10.6 Å². The van der Waals surface area contributed by atoms with Crippen molar-refractivity contribution in [2.24, 2.45) is 5.92 Å². The van der Waals surface area contributed by atoms with Crippen molar-refractivity contribution < 1.29 is 4.79 Å². The van der Waals surface area contributed by atoms with Gasteiger partial charge in [-0.1, -0.05) is 30.4 Å². The second kappa shape index (κ2) is 8.84. The smallest absolute Gasteiger partial charge is 0.228 e. The van der Waals surface area contributed by atoms with E-state index in [-0.39, 0.29) is 11.8 Å². The minimum absolute atomic E-state index is 0.0337. The van der Waals surface area contributed by atoms with Crippen LogP contribution in [0.15, 0.2) is 36.7 Å². The van der Waals surface area contributed by atoms with Crippen LogP contribution in [0.4, 0.5) is 5.00 Å². The number of thiazole rings is 1. The summed E-state index contributed by atoms with van der Waals surface area (Å²) in [6.45, 7) is 5.87. The first-order chi connectivity index (χ1) is 11.1. The number of aromatic nitrogens is 2. The van der Waals surface area contributed by atoms with Gasteiger partial charge in [0.05, 0.1) is 5.69 Å². The molecule has 0 saturated heterocycles. The van der Waals surface area contributed by atoms with E-state index in [2.05, 4.69) is 21.4 Å². The lowest BCUT2D eigenvalue weighted by Gasteiger charge is -2.10. The number of aryl methyl sites for hydroxylation is 1. The molecule has 2 rings (SSSR count). The molecule has 1 N–H and O–H groups in total. The highest BCUT2D eigenvalue weighted by atomic mass is 32.2. The standard InChI is InChI=1S/C17H21N3OS2/c1-4-5-9-22-11-12(2)15(21)20-16-13(3)19-17(23-16)14-7-6-8-18-10-14/h4-8,10,12H,9,11H2,1-3H3,(H,20,21)/b5-4+. The molecule has 0 aliphatic rings. The Labute approximate surface area is 145 Å². The number of hydrogen-bond acceptors (Lipinski definition) is 5. The number of hydrogen-bond donors (Lipinski definition) is 1. The molecule has 0 spiro atoms. The zero-order chi connectivity index (χ0) is 16.7. The average Bonchev–Trinajstić information content (AvgIpc) is 2.93. The zero-order valence-electron chi connectivity index (χ0n) is 13.6. The quantitative estimate of drug-likeness (QED) is 0.596. The van der Waals surface area contributed by atoms with Crippen LogP contribution in [-0.4, -0.2) is 27.4 Å². The fourth-order valence-electron chi connectivity index (χ4n) is 1.85. The van der Waals surface area contributed by atoms with E-state index in [4.69, 9.17) is 0 Å². The lowest BCUT2D eigenvalue weighted by atomic mass is 10.2. The Morgan fingerprint density at radius 2 is 2.35 bits per heavy atom. The topological polar surface area (TPSA) is 54.9 Å². The Morgan fingerprint density at radius 3 is 3.04 bits per heavy atom. The highest BCUT2D eigenvalue weighted by molar-refractivity contribution is 7.99. The predicted octanol–water partition coefficient (Wildman–Crippen LogP) is 4.40. The van der Waals surface area contributed by atoms with Crippen LogP contribution in [0.3, 0.4) is 0 Å². The first kappa shape index (κ1) is 17.7. The number of rotatable bonds is 7. The fraction of sp³-hybridized carbons (Fsp3) is 0.353. The number of carbonyl (C=O) groups is 1. The van der Waals surface area contributed by atoms with E-state index in [9.17, 15) is 4.79 Å². The van der Waals surface area contributed by atoms with Crippen molar-refractivity contribution in [3.63, 3.8) is 0 Å². The molecule has 4 nitrogen and oxygen atoms in total. The number of allylic oxidation sites excluding steroid dienone is 1. The lowest BCUT2D eigenvalue weighted by Crippen LogP contribution is -2.22. The van der Waals surface area contributed by atoms with Crippen molar-refractivity contribution in [1.82, 2.24) is 9.97 Å². The Bertz CT molecular complexity index is 668. The van der Waals surface area contributed by atoms with Crippen LogP contribution >= 0.6 is 23.1 Å². The molecule has 122 valence electrons. The highest BCUT2D eigenvalue weighted by Crippen LogP contribution is 2.31. The van der Waals surface area contributed by atoms with Gasteiger partial charge in [0, 0.05) is 35.4 Å². The van der Waals surface area contributed by atoms with E-state index in [1.807, 2.05) is 39.0 Å². The second-order valence-electron chi connectivity index (χ2n) is 5.17. The van der Waals surface area contributed by atoms with Gasteiger partial charge in [0.25, 0.3) is 0 Å². The van der Waals surface area contributed by atoms with Gasteiger partial charge in [-0.15, -0.1) is 0 Å². The molecular formula is C17H21N3OS2. The summed E-state index contributed by atoms with van der Waals surface area (Å²) >= 11 is 3.25. The molecule has 0 bridgehead atoms. The molecule has 23 heavy (non-hydrogen) atoms. The molecule has 0 aliphatic heterocycles. The molecule has 2 aromatic rings. The molecule has 0 aromatic carbocycles.